The van der Waals surface area contributed by atoms with E-state index in [0.29, 0.717) is 120 Å². The molecular weight excluding hydrogens is 1010 g/mol. The van der Waals surface area contributed by atoms with Gasteiger partial charge in [0.25, 0.3) is 0 Å². The molecule has 0 unspecified atom stereocenters. The zero-order valence-electron chi connectivity index (χ0n) is 42.3. The zero-order chi connectivity index (χ0) is 52.7. The summed E-state index contributed by atoms with van der Waals surface area (Å²) in [7, 11) is 3.71. The van der Waals surface area contributed by atoms with Crippen molar-refractivity contribution in [2.45, 2.75) is 45.5 Å². The summed E-state index contributed by atoms with van der Waals surface area (Å²) >= 11 is 8.64. The fraction of sp³-hybridized carbons (Fsp3) is 0.382. The second-order valence-electron chi connectivity index (χ2n) is 17.6. The standard InChI is InChI=1S/C55H59ClFN7O10S/c1-6-43-35(3)50(56)44(7-2)73-42(31-64-20-18-63(4)19-21-64)33-71-41-13-14-45(72-32-40-16-17-58-52(62-40)37-10-15-47(59-30-37)70-27-26-69-25-24-68-23-22-67-5)38(28-41)29-46(55(65)66)74-53-49-48(43)51(75-54(49)61-34-60-53)36-8-11-39(57)12-9-36/h2,8-17,28,30,34,42,46H,6,18-27,29,31-33H2,1,3-5H3,(H,65,66)/b43-35+,50-44-/t42-,46-/m1/s1. The number of carbonyl (C=O) groups is 1. The third-order valence-corrected chi connectivity index (χ3v) is 14.0. The van der Waals surface area contributed by atoms with E-state index in [0.717, 1.165) is 36.6 Å². The summed E-state index contributed by atoms with van der Waals surface area (Å²) in [6, 6.07) is 16.6. The number of carboxylic acids is 1. The average Bonchev–Trinajstić information content (AvgIpc) is 3.84. The van der Waals surface area contributed by atoms with Crippen LogP contribution in [0, 0.1) is 18.2 Å². The number of ether oxygens (including phenoxy) is 8. The van der Waals surface area contributed by atoms with Crippen LogP contribution < -0.4 is 18.9 Å². The van der Waals surface area contributed by atoms with E-state index in [1.165, 1.54) is 29.8 Å². The van der Waals surface area contributed by atoms with Gasteiger partial charge in [-0.3, -0.25) is 4.90 Å². The Morgan fingerprint density at radius 2 is 1.69 bits per heavy atom. The Bertz CT molecular complexity index is 3000. The number of hydrogen-bond donors (Lipinski definition) is 1. The van der Waals surface area contributed by atoms with E-state index < -0.39 is 24.0 Å². The Morgan fingerprint density at radius 1 is 0.933 bits per heavy atom. The van der Waals surface area contributed by atoms with E-state index >= 15 is 0 Å². The van der Waals surface area contributed by atoms with Crippen molar-refractivity contribution in [3.63, 3.8) is 0 Å². The first-order chi connectivity index (χ1) is 36.5. The van der Waals surface area contributed by atoms with E-state index in [1.807, 2.05) is 19.9 Å². The van der Waals surface area contributed by atoms with E-state index in [-0.39, 0.29) is 36.3 Å². The lowest BCUT2D eigenvalue weighted by atomic mass is 9.93. The number of piperazine rings is 1. The molecule has 2 aliphatic rings. The number of nitrogens with zero attached hydrogens (tertiary/aromatic N) is 7. The van der Waals surface area contributed by atoms with Crippen LogP contribution in [0.15, 0.2) is 95.7 Å². The second kappa shape index (κ2) is 26.6. The first-order valence-corrected chi connectivity index (χ1v) is 25.7. The van der Waals surface area contributed by atoms with Gasteiger partial charge in [-0.05, 0) is 85.5 Å². The van der Waals surface area contributed by atoms with Crippen molar-refractivity contribution in [3.05, 3.63) is 118 Å². The number of rotatable bonds is 19. The lowest BCUT2D eigenvalue weighted by Crippen LogP contribution is -2.48. The number of carboxylic acid groups (broad SMARTS) is 1. The molecule has 394 valence electrons. The minimum absolute atomic E-state index is 0.00129. The van der Waals surface area contributed by atoms with Crippen LogP contribution in [0.2, 0.25) is 0 Å². The number of likely N-dealkylation sites (N-methyl/N-ethyl adjacent to an activating group) is 1. The van der Waals surface area contributed by atoms with Gasteiger partial charge in [-0.15, -0.1) is 17.8 Å². The van der Waals surface area contributed by atoms with Gasteiger partial charge in [-0.25, -0.2) is 34.1 Å². The molecular formula is C55H59ClFN7O10S. The average molecular weight is 1060 g/mol. The van der Waals surface area contributed by atoms with Gasteiger partial charge < -0.3 is 47.9 Å². The fourth-order valence-electron chi connectivity index (χ4n) is 8.46. The normalized spacial score (nSPS) is 18.8. The van der Waals surface area contributed by atoms with E-state index in [4.69, 9.17) is 60.9 Å². The van der Waals surface area contributed by atoms with Gasteiger partial charge in [0.15, 0.2) is 11.6 Å². The highest BCUT2D eigenvalue weighted by Crippen LogP contribution is 2.47. The van der Waals surface area contributed by atoms with Crippen molar-refractivity contribution in [1.29, 1.82) is 0 Å². The largest absolute Gasteiger partial charge is 0.490 e. The highest BCUT2D eigenvalue weighted by molar-refractivity contribution is 7.22. The Kier molecular flexibility index (Phi) is 19.4. The lowest BCUT2D eigenvalue weighted by molar-refractivity contribution is -0.145. The van der Waals surface area contributed by atoms with E-state index in [2.05, 4.69) is 42.7 Å². The Labute approximate surface area is 444 Å². The van der Waals surface area contributed by atoms with Crippen LogP contribution in [-0.2, 0) is 36.8 Å². The molecule has 1 saturated heterocycles. The number of methoxy groups -OCH3 is 1. The third kappa shape index (κ3) is 14.3. The van der Waals surface area contributed by atoms with E-state index in [1.54, 1.807) is 62.0 Å². The summed E-state index contributed by atoms with van der Waals surface area (Å²) in [4.78, 5) is 42.0. The first kappa shape index (κ1) is 54.5. The molecule has 20 heteroatoms. The molecule has 0 saturated carbocycles. The summed E-state index contributed by atoms with van der Waals surface area (Å²) < 4.78 is 62.2. The Morgan fingerprint density at radius 3 is 2.41 bits per heavy atom. The number of allylic oxidation sites excluding steroid dienone is 4. The number of terminal acetylenes is 1. The molecule has 2 bridgehead atoms. The van der Waals surface area contributed by atoms with Crippen LogP contribution in [-0.4, -0.2) is 151 Å². The quantitative estimate of drug-likeness (QED) is 0.0603. The molecule has 8 rings (SSSR count). The number of aliphatic carboxylic acids is 1. The maximum absolute atomic E-state index is 14.4. The van der Waals surface area contributed by atoms with Crippen LogP contribution in [0.3, 0.4) is 0 Å². The van der Waals surface area contributed by atoms with Crippen molar-refractivity contribution in [3.8, 4) is 57.4 Å². The molecule has 2 aromatic carbocycles. The van der Waals surface area contributed by atoms with Gasteiger partial charge in [-0.1, -0.05) is 30.7 Å². The molecule has 2 aliphatic heterocycles. The van der Waals surface area contributed by atoms with Gasteiger partial charge in [0.1, 0.15) is 54.4 Å². The van der Waals surface area contributed by atoms with Crippen LogP contribution >= 0.6 is 22.9 Å². The number of benzene rings is 2. The van der Waals surface area contributed by atoms with E-state index in [9.17, 15) is 14.3 Å². The third-order valence-electron chi connectivity index (χ3n) is 12.4. The van der Waals surface area contributed by atoms with Crippen LogP contribution in [0.5, 0.6) is 23.3 Å². The summed E-state index contributed by atoms with van der Waals surface area (Å²) in [5, 5.41) is 11.6. The summed E-state index contributed by atoms with van der Waals surface area (Å²) in [6.45, 7) is 10.4. The van der Waals surface area contributed by atoms with Crippen LogP contribution in [0.25, 0.3) is 37.6 Å². The molecule has 75 heavy (non-hydrogen) atoms. The van der Waals surface area contributed by atoms with Crippen molar-refractivity contribution < 1.29 is 52.2 Å². The van der Waals surface area contributed by atoms with Gasteiger partial charge in [0.2, 0.25) is 17.9 Å². The number of thiophene rings is 1. The highest BCUT2D eigenvalue weighted by Gasteiger charge is 2.30. The van der Waals surface area contributed by atoms with Gasteiger partial charge >= 0.3 is 5.97 Å². The lowest BCUT2D eigenvalue weighted by Gasteiger charge is -2.34. The molecule has 0 radical (unpaired) electrons. The van der Waals surface area contributed by atoms with Crippen molar-refractivity contribution in [2.75, 3.05) is 93.1 Å². The molecule has 17 nitrogen and oxygen atoms in total. The number of hydrogen-bond acceptors (Lipinski definition) is 17. The Hall–Kier alpha value is -6.76. The van der Waals surface area contributed by atoms with Crippen LogP contribution in [0.4, 0.5) is 4.39 Å². The fourth-order valence-corrected chi connectivity index (χ4v) is 9.84. The van der Waals surface area contributed by atoms with Gasteiger partial charge in [0.05, 0.1) is 49.1 Å². The van der Waals surface area contributed by atoms with Gasteiger partial charge in [-0.2, -0.15) is 0 Å². The second-order valence-corrected chi connectivity index (χ2v) is 19.0. The van der Waals surface area contributed by atoms with Crippen molar-refractivity contribution in [2.24, 2.45) is 0 Å². The zero-order valence-corrected chi connectivity index (χ0v) is 43.8. The molecule has 0 aliphatic carbocycles. The molecule has 1 fully saturated rings. The predicted octanol–water partition coefficient (Wildman–Crippen LogP) is 8.35. The minimum atomic E-state index is -1.48. The Balaban J connectivity index is 1.11. The number of fused-ring (bicyclic) bond motifs is 2. The maximum atomic E-state index is 14.4. The summed E-state index contributed by atoms with van der Waals surface area (Å²) in [5.41, 5.74) is 4.37. The molecule has 0 amide bonds. The monoisotopic (exact) mass is 1060 g/mol. The molecule has 6 aromatic rings. The highest BCUT2D eigenvalue weighted by atomic mass is 35.5. The molecule has 4 aromatic heterocycles. The number of aromatic nitrogens is 5. The summed E-state index contributed by atoms with van der Waals surface area (Å²) in [6.07, 6.45) is 9.00. The van der Waals surface area contributed by atoms with Gasteiger partial charge in [0, 0.05) is 86.3 Å². The predicted molar refractivity (Wildman–Crippen MR) is 283 cm³/mol. The molecule has 0 spiro atoms. The van der Waals surface area contributed by atoms with Crippen molar-refractivity contribution >= 4 is 44.7 Å². The van der Waals surface area contributed by atoms with Crippen LogP contribution in [0.1, 0.15) is 37.1 Å². The molecule has 6 heterocycles. The van der Waals surface area contributed by atoms with Crippen molar-refractivity contribution in [1.82, 2.24) is 34.7 Å². The smallest absolute Gasteiger partial charge is 0.345 e. The molecule has 1 N–H and O–H groups in total. The number of pyridine rings is 1. The topological polar surface area (TPSA) is 182 Å². The first-order valence-electron chi connectivity index (χ1n) is 24.5. The summed E-state index contributed by atoms with van der Waals surface area (Å²) in [5.74, 6) is 2.84. The SMILES string of the molecule is C#C/C1=C(Cl)\C(C)=C(/CC)c2c(-c3ccc(F)cc3)sc3ncnc(c23)O[C@@H](C(=O)O)Cc2cc(ccc2OCc2ccnc(-c3ccc(OCCOCCOCCOC)nc3)n2)OC[C@@H](CN2CCN(C)CC2)O1. The maximum Gasteiger partial charge on any atom is 0.345 e. The number of halogens is 2. The minimum Gasteiger partial charge on any atom is -0.490 e. The molecule has 2 atom stereocenters.